The number of nitrogens with two attached hydrogens (primary N) is 1. The van der Waals surface area contributed by atoms with Gasteiger partial charge in [0.05, 0.1) is 28.9 Å². The van der Waals surface area contributed by atoms with E-state index in [1.165, 1.54) is 30.0 Å². The lowest BCUT2D eigenvalue weighted by atomic mass is 10.2. The number of anilines is 1. The average molecular weight is 398 g/mol. The molecule has 1 heterocycles. The van der Waals surface area contributed by atoms with E-state index in [9.17, 15) is 13.2 Å². The molecule has 0 saturated carbocycles. The van der Waals surface area contributed by atoms with Crippen molar-refractivity contribution in [1.82, 2.24) is 4.57 Å². The van der Waals surface area contributed by atoms with Gasteiger partial charge in [0.1, 0.15) is 6.07 Å². The van der Waals surface area contributed by atoms with Crippen LogP contribution in [0.5, 0.6) is 0 Å². The van der Waals surface area contributed by atoms with Crippen LogP contribution >= 0.6 is 15.9 Å². The Morgan fingerprint density at radius 3 is 2.61 bits per heavy atom. The average Bonchev–Trinajstić information content (AvgIpc) is 2.82. The molecule has 0 saturated heterocycles. The summed E-state index contributed by atoms with van der Waals surface area (Å²) >= 11 is 3.21. The van der Waals surface area contributed by atoms with E-state index in [4.69, 9.17) is 11.0 Å². The van der Waals surface area contributed by atoms with Gasteiger partial charge in [-0.3, -0.25) is 0 Å². The molecule has 2 rings (SSSR count). The highest BCUT2D eigenvalue weighted by molar-refractivity contribution is 9.10. The zero-order chi connectivity index (χ0) is 17.4. The van der Waals surface area contributed by atoms with E-state index in [0.29, 0.717) is 4.47 Å². The van der Waals surface area contributed by atoms with Gasteiger partial charge in [0.2, 0.25) is 0 Å². The van der Waals surface area contributed by atoms with Crippen molar-refractivity contribution < 1.29 is 17.9 Å². The van der Waals surface area contributed by atoms with Crippen LogP contribution in [0.4, 0.5) is 5.69 Å². The molecule has 0 radical (unpaired) electrons. The smallest absolute Gasteiger partial charge is 0.357 e. The van der Waals surface area contributed by atoms with Crippen LogP contribution in [0.25, 0.3) is 5.69 Å². The molecule has 0 fully saturated rings. The van der Waals surface area contributed by atoms with Crippen LogP contribution in [-0.4, -0.2) is 32.3 Å². The molecule has 120 valence electrons. The third-order valence-electron chi connectivity index (χ3n) is 3.12. The fourth-order valence-corrected chi connectivity index (χ4v) is 3.49. The lowest BCUT2D eigenvalue weighted by Gasteiger charge is -2.13. The van der Waals surface area contributed by atoms with E-state index >= 15 is 0 Å². The monoisotopic (exact) mass is 397 g/mol. The number of halogens is 1. The first-order chi connectivity index (χ1) is 10.7. The number of benzene rings is 1. The van der Waals surface area contributed by atoms with Crippen molar-refractivity contribution in [2.75, 3.05) is 19.1 Å². The second-order valence-corrected chi connectivity index (χ2v) is 7.56. The maximum absolute atomic E-state index is 12.0. The Bertz CT molecular complexity index is 942. The number of carbonyl (C=O) groups is 1. The van der Waals surface area contributed by atoms with Gasteiger partial charge in [0.15, 0.2) is 15.5 Å². The Labute approximate surface area is 141 Å². The zero-order valence-corrected chi connectivity index (χ0v) is 14.6. The van der Waals surface area contributed by atoms with Gasteiger partial charge in [-0.05, 0) is 18.2 Å². The molecule has 0 atom stereocenters. The predicted molar refractivity (Wildman–Crippen MR) is 87.0 cm³/mol. The number of esters is 1. The standard InChI is InChI=1S/C14H12BrN3O4S/c1-22-14(19)13-12(17)8(6-16)7-18(13)10-4-3-9(15)5-11(10)23(2,20)21/h3-5,7H,17H2,1-2H3. The SMILES string of the molecule is COC(=O)c1c(N)c(C#N)cn1-c1ccc(Br)cc1S(C)(=O)=O. The summed E-state index contributed by atoms with van der Waals surface area (Å²) in [4.78, 5) is 12.0. The lowest BCUT2D eigenvalue weighted by Crippen LogP contribution is -2.13. The van der Waals surface area contributed by atoms with Crippen LogP contribution < -0.4 is 5.73 Å². The van der Waals surface area contributed by atoms with E-state index < -0.39 is 15.8 Å². The summed E-state index contributed by atoms with van der Waals surface area (Å²) in [5, 5.41) is 9.11. The number of aromatic nitrogens is 1. The number of ether oxygens (including phenoxy) is 1. The van der Waals surface area contributed by atoms with E-state index in [1.807, 2.05) is 6.07 Å². The van der Waals surface area contributed by atoms with Gasteiger partial charge in [0, 0.05) is 16.9 Å². The van der Waals surface area contributed by atoms with Crippen molar-refractivity contribution in [3.8, 4) is 11.8 Å². The number of rotatable bonds is 3. The fourth-order valence-electron chi connectivity index (χ4n) is 2.09. The molecule has 0 aliphatic carbocycles. The minimum Gasteiger partial charge on any atom is -0.464 e. The highest BCUT2D eigenvalue weighted by Gasteiger charge is 2.25. The van der Waals surface area contributed by atoms with Crippen molar-refractivity contribution in [2.45, 2.75) is 4.90 Å². The van der Waals surface area contributed by atoms with Crippen LogP contribution in [0.15, 0.2) is 33.8 Å². The molecule has 0 bridgehead atoms. The molecule has 0 spiro atoms. The molecule has 9 heteroatoms. The molecule has 0 aliphatic rings. The van der Waals surface area contributed by atoms with Crippen molar-refractivity contribution in [3.63, 3.8) is 0 Å². The number of hydrogen-bond acceptors (Lipinski definition) is 6. The van der Waals surface area contributed by atoms with Gasteiger partial charge in [0.25, 0.3) is 0 Å². The highest BCUT2D eigenvalue weighted by Crippen LogP contribution is 2.30. The highest BCUT2D eigenvalue weighted by atomic mass is 79.9. The van der Waals surface area contributed by atoms with E-state index in [2.05, 4.69) is 20.7 Å². The number of nitrogens with zero attached hydrogens (tertiary/aromatic N) is 2. The van der Waals surface area contributed by atoms with Gasteiger partial charge in [-0.25, -0.2) is 13.2 Å². The fraction of sp³-hybridized carbons (Fsp3) is 0.143. The number of sulfone groups is 1. The first kappa shape index (κ1) is 17.1. The van der Waals surface area contributed by atoms with Gasteiger partial charge >= 0.3 is 5.97 Å². The Balaban J connectivity index is 2.89. The van der Waals surface area contributed by atoms with Crippen molar-refractivity contribution >= 4 is 37.4 Å². The summed E-state index contributed by atoms with van der Waals surface area (Å²) in [6, 6.07) is 6.40. The minimum absolute atomic E-state index is 0.0171. The first-order valence-electron chi connectivity index (χ1n) is 6.20. The van der Waals surface area contributed by atoms with Crippen molar-refractivity contribution in [1.29, 1.82) is 5.26 Å². The van der Waals surface area contributed by atoms with Crippen LogP contribution in [0.2, 0.25) is 0 Å². The topological polar surface area (TPSA) is 115 Å². The summed E-state index contributed by atoms with van der Waals surface area (Å²) in [6.07, 6.45) is 2.35. The summed E-state index contributed by atoms with van der Waals surface area (Å²) in [7, 11) is -2.42. The van der Waals surface area contributed by atoms with E-state index in [1.54, 1.807) is 6.07 Å². The summed E-state index contributed by atoms with van der Waals surface area (Å²) < 4.78 is 30.6. The molecule has 1 aromatic carbocycles. The van der Waals surface area contributed by atoms with Crippen LogP contribution in [0.3, 0.4) is 0 Å². The molecule has 0 unspecified atom stereocenters. The molecule has 2 N–H and O–H groups in total. The Morgan fingerprint density at radius 2 is 2.09 bits per heavy atom. The summed E-state index contributed by atoms with van der Waals surface area (Å²) in [5.41, 5.74) is 5.89. The normalized spacial score (nSPS) is 11.0. The molecular weight excluding hydrogens is 386 g/mol. The lowest BCUT2D eigenvalue weighted by molar-refractivity contribution is 0.0593. The molecular formula is C14H12BrN3O4S. The maximum atomic E-state index is 12.0. The zero-order valence-electron chi connectivity index (χ0n) is 12.2. The van der Waals surface area contributed by atoms with Gasteiger partial charge in [-0.1, -0.05) is 15.9 Å². The number of methoxy groups -OCH3 is 1. The molecule has 0 aliphatic heterocycles. The summed E-state index contributed by atoms with van der Waals surface area (Å²) in [5.74, 6) is -0.772. The molecule has 23 heavy (non-hydrogen) atoms. The van der Waals surface area contributed by atoms with Gasteiger partial charge < -0.3 is 15.0 Å². The van der Waals surface area contributed by atoms with Gasteiger partial charge in [-0.2, -0.15) is 5.26 Å². The predicted octanol–water partition coefficient (Wildman–Crippen LogP) is 1.88. The third kappa shape index (κ3) is 3.09. The molecule has 0 amide bonds. The first-order valence-corrected chi connectivity index (χ1v) is 8.88. The van der Waals surface area contributed by atoms with Crippen LogP contribution in [-0.2, 0) is 14.6 Å². The molecule has 1 aromatic heterocycles. The third-order valence-corrected chi connectivity index (χ3v) is 4.74. The van der Waals surface area contributed by atoms with Crippen molar-refractivity contribution in [2.24, 2.45) is 0 Å². The number of nitrogen functional groups attached to an aromatic ring is 1. The van der Waals surface area contributed by atoms with Crippen LogP contribution in [0.1, 0.15) is 16.1 Å². The van der Waals surface area contributed by atoms with Crippen molar-refractivity contribution in [3.05, 3.63) is 40.1 Å². The number of nitriles is 1. The van der Waals surface area contributed by atoms with Gasteiger partial charge in [-0.15, -0.1) is 0 Å². The second-order valence-electron chi connectivity index (χ2n) is 4.66. The van der Waals surface area contributed by atoms with E-state index in [-0.39, 0.29) is 27.5 Å². The minimum atomic E-state index is -3.59. The second kappa shape index (κ2) is 6.06. The van der Waals surface area contributed by atoms with E-state index in [0.717, 1.165) is 6.26 Å². The summed E-state index contributed by atoms with van der Waals surface area (Å²) in [6.45, 7) is 0. The number of carbonyl (C=O) groups excluding carboxylic acids is 1. The largest absolute Gasteiger partial charge is 0.464 e. The Hall–Kier alpha value is -2.31. The Kier molecular flexibility index (Phi) is 4.49. The Morgan fingerprint density at radius 1 is 1.43 bits per heavy atom. The van der Waals surface area contributed by atoms with Crippen LogP contribution in [0, 0.1) is 11.3 Å². The maximum Gasteiger partial charge on any atom is 0.357 e. The number of hydrogen-bond donors (Lipinski definition) is 1. The molecule has 2 aromatic rings. The quantitative estimate of drug-likeness (QED) is 0.790. The molecule has 7 nitrogen and oxygen atoms in total.